The van der Waals surface area contributed by atoms with E-state index in [2.05, 4.69) is 17.4 Å². The van der Waals surface area contributed by atoms with Crippen molar-refractivity contribution in [3.8, 4) is 0 Å². The van der Waals surface area contributed by atoms with Crippen LogP contribution in [0.1, 0.15) is 13.8 Å². The molecule has 1 aromatic carbocycles. The van der Waals surface area contributed by atoms with Crippen molar-refractivity contribution in [3.63, 3.8) is 0 Å². The van der Waals surface area contributed by atoms with Gasteiger partial charge in [0.2, 0.25) is 0 Å². The van der Waals surface area contributed by atoms with Crippen LogP contribution in [0.25, 0.3) is 0 Å². The number of aliphatic hydroxyl groups is 1. The predicted molar refractivity (Wildman–Crippen MR) is 66.3 cm³/mol. The number of hydrogen-bond donors (Lipinski definition) is 2. The van der Waals surface area contributed by atoms with Gasteiger partial charge in [0.25, 0.3) is 0 Å². The SMILES string of the molecule is CC(C)(O)CNCCSc1ccccc1. The zero-order chi connectivity index (χ0) is 11.1. The van der Waals surface area contributed by atoms with Gasteiger partial charge in [0.05, 0.1) is 5.60 Å². The van der Waals surface area contributed by atoms with E-state index < -0.39 is 5.60 Å². The molecule has 0 radical (unpaired) electrons. The molecular weight excluding hydrogens is 206 g/mol. The lowest BCUT2D eigenvalue weighted by Crippen LogP contribution is -2.35. The predicted octanol–water partition coefficient (Wildman–Crippen LogP) is 2.14. The van der Waals surface area contributed by atoms with E-state index in [1.54, 1.807) is 0 Å². The minimum absolute atomic E-state index is 0.614. The summed E-state index contributed by atoms with van der Waals surface area (Å²) in [5.74, 6) is 1.03. The Labute approximate surface area is 96.1 Å². The van der Waals surface area contributed by atoms with Gasteiger partial charge in [-0.15, -0.1) is 11.8 Å². The van der Waals surface area contributed by atoms with Gasteiger partial charge in [-0.1, -0.05) is 18.2 Å². The van der Waals surface area contributed by atoms with Gasteiger partial charge in [0.1, 0.15) is 0 Å². The smallest absolute Gasteiger partial charge is 0.0715 e. The van der Waals surface area contributed by atoms with Gasteiger partial charge in [-0.2, -0.15) is 0 Å². The third kappa shape index (κ3) is 6.55. The van der Waals surface area contributed by atoms with Crippen molar-refractivity contribution in [2.75, 3.05) is 18.8 Å². The highest BCUT2D eigenvalue weighted by Crippen LogP contribution is 2.15. The minimum atomic E-state index is -0.614. The zero-order valence-corrected chi connectivity index (χ0v) is 10.2. The van der Waals surface area contributed by atoms with Crippen molar-refractivity contribution in [1.82, 2.24) is 5.32 Å². The molecule has 0 bridgehead atoms. The van der Waals surface area contributed by atoms with Crippen molar-refractivity contribution >= 4 is 11.8 Å². The maximum absolute atomic E-state index is 9.46. The fraction of sp³-hybridized carbons (Fsp3) is 0.500. The van der Waals surface area contributed by atoms with E-state index in [-0.39, 0.29) is 0 Å². The molecular formula is C12H19NOS. The molecule has 0 aliphatic heterocycles. The third-order valence-electron chi connectivity index (χ3n) is 1.85. The molecule has 0 saturated carbocycles. The molecule has 0 amide bonds. The van der Waals surface area contributed by atoms with Crippen LogP contribution < -0.4 is 5.32 Å². The Bertz CT molecular complexity index is 269. The number of hydrogen-bond acceptors (Lipinski definition) is 3. The van der Waals surface area contributed by atoms with Crippen molar-refractivity contribution in [1.29, 1.82) is 0 Å². The summed E-state index contributed by atoms with van der Waals surface area (Å²) in [6.45, 7) is 5.18. The quantitative estimate of drug-likeness (QED) is 0.575. The molecule has 0 aromatic heterocycles. The fourth-order valence-electron chi connectivity index (χ4n) is 1.15. The second-order valence-corrected chi connectivity index (χ2v) is 5.32. The maximum Gasteiger partial charge on any atom is 0.0715 e. The summed E-state index contributed by atoms with van der Waals surface area (Å²) in [5, 5.41) is 12.7. The second-order valence-electron chi connectivity index (χ2n) is 4.15. The Morgan fingerprint density at radius 2 is 1.93 bits per heavy atom. The number of nitrogens with one attached hydrogen (secondary N) is 1. The molecule has 0 aliphatic carbocycles. The first-order valence-corrected chi connectivity index (χ1v) is 6.17. The molecule has 15 heavy (non-hydrogen) atoms. The highest BCUT2D eigenvalue weighted by Gasteiger charge is 2.10. The van der Waals surface area contributed by atoms with Crippen LogP contribution in [0.3, 0.4) is 0 Å². The molecule has 0 heterocycles. The first-order valence-electron chi connectivity index (χ1n) is 5.19. The lowest BCUT2D eigenvalue weighted by atomic mass is 10.1. The van der Waals surface area contributed by atoms with Gasteiger partial charge in [-0.3, -0.25) is 0 Å². The van der Waals surface area contributed by atoms with Crippen LogP contribution in [-0.2, 0) is 0 Å². The third-order valence-corrected chi connectivity index (χ3v) is 2.86. The molecule has 1 aromatic rings. The van der Waals surface area contributed by atoms with E-state index in [1.807, 2.05) is 43.8 Å². The molecule has 2 N–H and O–H groups in total. The topological polar surface area (TPSA) is 32.3 Å². The van der Waals surface area contributed by atoms with Gasteiger partial charge in [-0.05, 0) is 26.0 Å². The van der Waals surface area contributed by atoms with Gasteiger partial charge >= 0.3 is 0 Å². The lowest BCUT2D eigenvalue weighted by molar-refractivity contribution is 0.0806. The Kier molecular flexibility index (Phi) is 5.15. The van der Waals surface area contributed by atoms with Gasteiger partial charge < -0.3 is 10.4 Å². The number of thioether (sulfide) groups is 1. The largest absolute Gasteiger partial charge is 0.389 e. The average Bonchev–Trinajstić information content (AvgIpc) is 2.17. The summed E-state index contributed by atoms with van der Waals surface area (Å²) in [6.07, 6.45) is 0. The van der Waals surface area contributed by atoms with Crippen molar-refractivity contribution in [2.24, 2.45) is 0 Å². The van der Waals surface area contributed by atoms with Gasteiger partial charge in [0, 0.05) is 23.7 Å². The highest BCUT2D eigenvalue weighted by atomic mass is 32.2. The average molecular weight is 225 g/mol. The number of rotatable bonds is 6. The van der Waals surface area contributed by atoms with E-state index in [0.29, 0.717) is 6.54 Å². The molecule has 0 atom stereocenters. The summed E-state index contributed by atoms with van der Waals surface area (Å²) in [5.41, 5.74) is -0.614. The molecule has 0 spiro atoms. The van der Waals surface area contributed by atoms with E-state index in [9.17, 15) is 5.11 Å². The Morgan fingerprint density at radius 3 is 2.53 bits per heavy atom. The van der Waals surface area contributed by atoms with Crippen LogP contribution in [0, 0.1) is 0 Å². The van der Waals surface area contributed by atoms with Crippen LogP contribution >= 0.6 is 11.8 Å². The first-order chi connectivity index (χ1) is 7.08. The normalized spacial score (nSPS) is 11.7. The molecule has 0 saturated heterocycles. The van der Waals surface area contributed by atoms with Crippen molar-refractivity contribution in [2.45, 2.75) is 24.3 Å². The van der Waals surface area contributed by atoms with E-state index in [0.717, 1.165) is 12.3 Å². The highest BCUT2D eigenvalue weighted by molar-refractivity contribution is 7.99. The minimum Gasteiger partial charge on any atom is -0.389 e. The molecule has 0 unspecified atom stereocenters. The zero-order valence-electron chi connectivity index (χ0n) is 9.36. The van der Waals surface area contributed by atoms with Crippen LogP contribution in [0.2, 0.25) is 0 Å². The summed E-state index contributed by atoms with van der Waals surface area (Å²) in [7, 11) is 0. The van der Waals surface area contributed by atoms with Crippen molar-refractivity contribution < 1.29 is 5.11 Å². The van der Waals surface area contributed by atoms with Crippen molar-refractivity contribution in [3.05, 3.63) is 30.3 Å². The van der Waals surface area contributed by atoms with Crippen LogP contribution in [0.15, 0.2) is 35.2 Å². The molecule has 0 fully saturated rings. The summed E-state index contributed by atoms with van der Waals surface area (Å²) in [6, 6.07) is 10.3. The van der Waals surface area contributed by atoms with E-state index in [4.69, 9.17) is 0 Å². The molecule has 84 valence electrons. The van der Waals surface area contributed by atoms with Crippen LogP contribution in [0.4, 0.5) is 0 Å². The standard InChI is InChI=1S/C12H19NOS/c1-12(2,14)10-13-8-9-15-11-6-4-3-5-7-11/h3-7,13-14H,8-10H2,1-2H3. The fourth-order valence-corrected chi connectivity index (χ4v) is 1.98. The Hall–Kier alpha value is -0.510. The van der Waals surface area contributed by atoms with Crippen LogP contribution in [-0.4, -0.2) is 29.5 Å². The van der Waals surface area contributed by atoms with E-state index >= 15 is 0 Å². The van der Waals surface area contributed by atoms with E-state index in [1.165, 1.54) is 4.90 Å². The summed E-state index contributed by atoms with van der Waals surface area (Å²) < 4.78 is 0. The van der Waals surface area contributed by atoms with Gasteiger partial charge in [0.15, 0.2) is 0 Å². The lowest BCUT2D eigenvalue weighted by Gasteiger charge is -2.17. The Balaban J connectivity index is 2.08. The maximum atomic E-state index is 9.46. The molecule has 1 rings (SSSR count). The summed E-state index contributed by atoms with van der Waals surface area (Å²) >= 11 is 1.83. The first kappa shape index (κ1) is 12.6. The van der Waals surface area contributed by atoms with Gasteiger partial charge in [-0.25, -0.2) is 0 Å². The summed E-state index contributed by atoms with van der Waals surface area (Å²) in [4.78, 5) is 1.29. The second kappa shape index (κ2) is 6.16. The Morgan fingerprint density at radius 1 is 1.27 bits per heavy atom. The molecule has 0 aliphatic rings. The molecule has 2 nitrogen and oxygen atoms in total. The number of benzene rings is 1. The monoisotopic (exact) mass is 225 g/mol. The van der Waals surface area contributed by atoms with Crippen LogP contribution in [0.5, 0.6) is 0 Å². The molecule has 3 heteroatoms.